The highest BCUT2D eigenvalue weighted by atomic mass is 35.5. The highest BCUT2D eigenvalue weighted by molar-refractivity contribution is 8.00. The summed E-state index contributed by atoms with van der Waals surface area (Å²) in [5, 5.41) is 0. The second-order valence-electron chi connectivity index (χ2n) is 4.98. The number of benzene rings is 1. The summed E-state index contributed by atoms with van der Waals surface area (Å²) in [6, 6.07) is 4.75. The molecule has 0 unspecified atom stereocenters. The third-order valence-electron chi connectivity index (χ3n) is 4.08. The minimum absolute atomic E-state index is 0.169. The van der Waals surface area contributed by atoms with E-state index in [1.54, 1.807) is 6.07 Å². The number of fused-ring (bicyclic) bond motifs is 1. The summed E-state index contributed by atoms with van der Waals surface area (Å²) in [5.41, 5.74) is 1.64. The van der Waals surface area contributed by atoms with E-state index in [0.29, 0.717) is 11.4 Å². The molecule has 0 spiro atoms. The first kappa shape index (κ1) is 15.6. The van der Waals surface area contributed by atoms with Crippen molar-refractivity contribution in [3.63, 3.8) is 0 Å². The Labute approximate surface area is 128 Å². The van der Waals surface area contributed by atoms with Crippen molar-refractivity contribution in [1.29, 1.82) is 0 Å². The van der Waals surface area contributed by atoms with E-state index >= 15 is 0 Å². The molecule has 0 bridgehead atoms. The summed E-state index contributed by atoms with van der Waals surface area (Å²) < 4.78 is 15.6. The van der Waals surface area contributed by atoms with E-state index in [9.17, 15) is 4.39 Å². The van der Waals surface area contributed by atoms with Crippen LogP contribution in [0.5, 0.6) is 0 Å². The van der Waals surface area contributed by atoms with E-state index in [1.807, 2.05) is 11.8 Å². The molecule has 0 N–H and O–H groups in total. The Morgan fingerprint density at radius 1 is 1.35 bits per heavy atom. The monoisotopic (exact) mass is 314 g/mol. The lowest BCUT2D eigenvalue weighted by Gasteiger charge is -2.31. The molecule has 1 aromatic carbocycles. The number of alkyl halides is 1. The van der Waals surface area contributed by atoms with Crippen LogP contribution in [0.25, 0.3) is 11.0 Å². The van der Waals surface area contributed by atoms with Gasteiger partial charge in [0.15, 0.2) is 0 Å². The van der Waals surface area contributed by atoms with Gasteiger partial charge in [0.2, 0.25) is 0 Å². The van der Waals surface area contributed by atoms with Crippen LogP contribution in [0.4, 0.5) is 4.39 Å². The van der Waals surface area contributed by atoms with Crippen molar-refractivity contribution < 1.29 is 4.39 Å². The number of aromatic nitrogens is 2. The van der Waals surface area contributed by atoms with Crippen LogP contribution in [0.3, 0.4) is 0 Å². The maximum atomic E-state index is 13.3. The number of nitrogens with zero attached hydrogens (tertiary/aromatic N) is 2. The Balaban J connectivity index is 2.52. The Bertz CT molecular complexity index is 585. The molecular weight excluding hydrogens is 295 g/mol. The Hall–Kier alpha value is -0.740. The lowest BCUT2D eigenvalue weighted by molar-refractivity contribution is 0.466. The summed E-state index contributed by atoms with van der Waals surface area (Å²) in [7, 11) is 0. The standard InChI is InChI=1S/C15H20ClFN2S/c1-4-15(5-2,20-3)10-19-13-7-6-11(17)8-12(13)18-14(19)9-16/h6-8H,4-5,9-10H2,1-3H3. The Kier molecular flexibility index (Phi) is 4.97. The molecule has 2 aromatic rings. The van der Waals surface area contributed by atoms with Crippen LogP contribution in [0.15, 0.2) is 18.2 Å². The van der Waals surface area contributed by atoms with Gasteiger partial charge in [0, 0.05) is 17.4 Å². The minimum atomic E-state index is -0.259. The first-order valence-electron chi connectivity index (χ1n) is 6.85. The van der Waals surface area contributed by atoms with Crippen LogP contribution in [-0.2, 0) is 12.4 Å². The fourth-order valence-corrected chi connectivity index (χ4v) is 3.59. The van der Waals surface area contributed by atoms with Gasteiger partial charge < -0.3 is 4.57 Å². The number of imidazole rings is 1. The predicted molar refractivity (Wildman–Crippen MR) is 86.1 cm³/mol. The first-order valence-corrected chi connectivity index (χ1v) is 8.60. The zero-order valence-electron chi connectivity index (χ0n) is 12.1. The van der Waals surface area contributed by atoms with E-state index in [-0.39, 0.29) is 10.6 Å². The quantitative estimate of drug-likeness (QED) is 0.710. The molecule has 5 heteroatoms. The summed E-state index contributed by atoms with van der Waals surface area (Å²) >= 11 is 7.90. The normalized spacial score (nSPS) is 12.2. The molecule has 110 valence electrons. The molecule has 1 aromatic heterocycles. The van der Waals surface area contributed by atoms with Crippen molar-refractivity contribution in [2.24, 2.45) is 0 Å². The summed E-state index contributed by atoms with van der Waals surface area (Å²) in [6.45, 7) is 5.27. The van der Waals surface area contributed by atoms with Crippen LogP contribution >= 0.6 is 23.4 Å². The third-order valence-corrected chi connectivity index (χ3v) is 5.89. The van der Waals surface area contributed by atoms with E-state index in [2.05, 4.69) is 29.7 Å². The summed E-state index contributed by atoms with van der Waals surface area (Å²) in [5.74, 6) is 0.895. The summed E-state index contributed by atoms with van der Waals surface area (Å²) in [6.07, 6.45) is 4.30. The van der Waals surface area contributed by atoms with Gasteiger partial charge in [-0.15, -0.1) is 11.6 Å². The van der Waals surface area contributed by atoms with Gasteiger partial charge in [0.05, 0.1) is 16.9 Å². The van der Waals surface area contributed by atoms with Crippen LogP contribution in [-0.4, -0.2) is 20.6 Å². The maximum absolute atomic E-state index is 13.3. The zero-order chi connectivity index (χ0) is 14.8. The van der Waals surface area contributed by atoms with Crippen LogP contribution < -0.4 is 0 Å². The van der Waals surface area contributed by atoms with Crippen molar-refractivity contribution in [1.82, 2.24) is 9.55 Å². The van der Waals surface area contributed by atoms with Crippen molar-refractivity contribution >= 4 is 34.4 Å². The topological polar surface area (TPSA) is 17.8 Å². The van der Waals surface area contributed by atoms with Gasteiger partial charge in [-0.3, -0.25) is 0 Å². The highest BCUT2D eigenvalue weighted by Gasteiger charge is 2.27. The van der Waals surface area contributed by atoms with Gasteiger partial charge >= 0.3 is 0 Å². The SMILES string of the molecule is CCC(CC)(Cn1c(CCl)nc2cc(F)ccc21)SC. The van der Waals surface area contributed by atoms with Crippen molar-refractivity contribution in [3.8, 4) is 0 Å². The summed E-state index contributed by atoms with van der Waals surface area (Å²) in [4.78, 5) is 4.46. The molecule has 0 fully saturated rings. The van der Waals surface area contributed by atoms with Crippen molar-refractivity contribution in [2.75, 3.05) is 6.26 Å². The second-order valence-corrected chi connectivity index (χ2v) is 6.52. The lowest BCUT2D eigenvalue weighted by atomic mass is 10.0. The zero-order valence-corrected chi connectivity index (χ0v) is 13.7. The van der Waals surface area contributed by atoms with Gasteiger partial charge in [-0.1, -0.05) is 13.8 Å². The smallest absolute Gasteiger partial charge is 0.125 e. The average Bonchev–Trinajstić information content (AvgIpc) is 2.81. The van der Waals surface area contributed by atoms with Gasteiger partial charge in [-0.2, -0.15) is 11.8 Å². The maximum Gasteiger partial charge on any atom is 0.125 e. The van der Waals surface area contributed by atoms with Gasteiger partial charge in [-0.25, -0.2) is 9.37 Å². The molecule has 0 aliphatic carbocycles. The highest BCUT2D eigenvalue weighted by Crippen LogP contribution is 2.34. The number of thioether (sulfide) groups is 1. The third kappa shape index (κ3) is 2.82. The number of rotatable bonds is 6. The number of hydrogen-bond acceptors (Lipinski definition) is 2. The first-order chi connectivity index (χ1) is 9.59. The Morgan fingerprint density at radius 2 is 2.05 bits per heavy atom. The van der Waals surface area contributed by atoms with Crippen molar-refractivity contribution in [2.45, 2.75) is 43.9 Å². The van der Waals surface area contributed by atoms with Gasteiger partial charge in [0.1, 0.15) is 11.6 Å². The molecule has 0 aliphatic heterocycles. The van der Waals surface area contributed by atoms with E-state index in [0.717, 1.165) is 30.7 Å². The van der Waals surface area contributed by atoms with Crippen molar-refractivity contribution in [3.05, 3.63) is 29.8 Å². The molecule has 2 rings (SSSR count). The molecule has 0 saturated heterocycles. The molecule has 0 amide bonds. The van der Waals surface area contributed by atoms with Gasteiger partial charge in [-0.05, 0) is 31.2 Å². The van der Waals surface area contributed by atoms with Crippen LogP contribution in [0, 0.1) is 5.82 Å². The molecule has 0 radical (unpaired) electrons. The average molecular weight is 315 g/mol. The predicted octanol–water partition coefficient (Wildman–Crippen LogP) is 4.84. The lowest BCUT2D eigenvalue weighted by Crippen LogP contribution is -2.29. The number of hydrogen-bond donors (Lipinski definition) is 0. The second kappa shape index (κ2) is 6.35. The molecular formula is C15H20ClFN2S. The fourth-order valence-electron chi connectivity index (χ4n) is 2.55. The van der Waals surface area contributed by atoms with Crippen LogP contribution in [0.1, 0.15) is 32.5 Å². The number of halogens is 2. The van der Waals surface area contributed by atoms with E-state index in [4.69, 9.17) is 11.6 Å². The molecule has 0 saturated carbocycles. The molecule has 0 aliphatic rings. The van der Waals surface area contributed by atoms with Crippen LogP contribution in [0.2, 0.25) is 0 Å². The molecule has 20 heavy (non-hydrogen) atoms. The minimum Gasteiger partial charge on any atom is -0.326 e. The molecule has 2 nitrogen and oxygen atoms in total. The molecule has 1 heterocycles. The molecule has 0 atom stereocenters. The van der Waals surface area contributed by atoms with Gasteiger partial charge in [0.25, 0.3) is 0 Å². The van der Waals surface area contributed by atoms with E-state index in [1.165, 1.54) is 12.1 Å². The largest absolute Gasteiger partial charge is 0.326 e. The Morgan fingerprint density at radius 3 is 2.60 bits per heavy atom. The fraction of sp³-hybridized carbons (Fsp3) is 0.533. The van der Waals surface area contributed by atoms with E-state index < -0.39 is 0 Å².